The molecule has 5 nitrogen and oxygen atoms in total. The summed E-state index contributed by atoms with van der Waals surface area (Å²) in [5, 5.41) is 22.8. The van der Waals surface area contributed by atoms with Crippen LogP contribution in [0.3, 0.4) is 0 Å². The second-order valence-corrected chi connectivity index (χ2v) is 14.0. The molecular weight excluding hydrogens is 420 g/mol. The molecule has 1 fully saturated rings. The van der Waals surface area contributed by atoms with Crippen LogP contribution in [0.1, 0.15) is 34.6 Å². The molecule has 0 aromatic heterocycles. The van der Waals surface area contributed by atoms with Crippen LogP contribution in [0.4, 0.5) is 0 Å². The topological polar surface area (TPSA) is 68.2 Å². The minimum atomic E-state index is -2.99. The van der Waals surface area contributed by atoms with E-state index in [0.29, 0.717) is 0 Å². The van der Waals surface area contributed by atoms with Gasteiger partial charge in [-0.1, -0.05) is 87.5 Å². The number of hydrogen-bond donors (Lipinski definition) is 2. The Morgan fingerprint density at radius 2 is 1.53 bits per heavy atom. The summed E-state index contributed by atoms with van der Waals surface area (Å²) in [6.45, 7) is 13.6. The van der Waals surface area contributed by atoms with Gasteiger partial charge in [-0.25, -0.2) is 0 Å². The van der Waals surface area contributed by atoms with E-state index in [0.717, 1.165) is 10.4 Å². The van der Waals surface area contributed by atoms with Crippen molar-refractivity contribution in [3.8, 4) is 0 Å². The molecule has 2 aromatic carbocycles. The van der Waals surface area contributed by atoms with Crippen LogP contribution in [0.25, 0.3) is 0 Å². The summed E-state index contributed by atoms with van der Waals surface area (Å²) in [7, 11) is -2.99. The van der Waals surface area contributed by atoms with Gasteiger partial charge in [0.25, 0.3) is 8.32 Å². The largest absolute Gasteiger partial charge is 0.399 e. The fourth-order valence-electron chi connectivity index (χ4n) is 4.62. The average molecular weight is 457 g/mol. The lowest BCUT2D eigenvalue weighted by molar-refractivity contribution is -0.161. The molecule has 1 aliphatic rings. The van der Waals surface area contributed by atoms with Gasteiger partial charge in [0, 0.05) is 0 Å². The van der Waals surface area contributed by atoms with Gasteiger partial charge in [-0.3, -0.25) is 0 Å². The number of aliphatic hydroxyl groups is 2. The molecule has 1 saturated heterocycles. The van der Waals surface area contributed by atoms with Crippen molar-refractivity contribution in [2.75, 3.05) is 6.61 Å². The Balaban J connectivity index is 2.20. The highest BCUT2D eigenvalue weighted by Crippen LogP contribution is 2.40. The van der Waals surface area contributed by atoms with E-state index < -0.39 is 45.1 Å². The van der Waals surface area contributed by atoms with Gasteiger partial charge >= 0.3 is 0 Å². The smallest absolute Gasteiger partial charge is 0.261 e. The van der Waals surface area contributed by atoms with Crippen LogP contribution in [0, 0.1) is 0 Å². The van der Waals surface area contributed by atoms with E-state index in [1.807, 2.05) is 50.2 Å². The van der Waals surface area contributed by atoms with Gasteiger partial charge in [0.05, 0.1) is 6.61 Å². The minimum absolute atomic E-state index is 0.290. The molecule has 0 radical (unpaired) electrons. The predicted octanol–water partition coefficient (Wildman–Crippen LogP) is 2.99. The Morgan fingerprint density at radius 3 is 1.94 bits per heavy atom. The van der Waals surface area contributed by atoms with E-state index in [4.69, 9.17) is 13.9 Å². The van der Waals surface area contributed by atoms with Crippen LogP contribution in [0.2, 0.25) is 5.04 Å². The zero-order valence-corrected chi connectivity index (χ0v) is 20.7. The van der Waals surface area contributed by atoms with Crippen LogP contribution in [0.15, 0.2) is 73.3 Å². The van der Waals surface area contributed by atoms with E-state index in [-0.39, 0.29) is 5.04 Å². The van der Waals surface area contributed by atoms with E-state index in [1.54, 1.807) is 6.08 Å². The summed E-state index contributed by atoms with van der Waals surface area (Å²) in [6, 6.07) is 20.4. The van der Waals surface area contributed by atoms with E-state index in [1.165, 1.54) is 0 Å². The van der Waals surface area contributed by atoms with E-state index in [9.17, 15) is 10.2 Å². The first kappa shape index (κ1) is 24.8. The van der Waals surface area contributed by atoms with Crippen molar-refractivity contribution in [1.82, 2.24) is 0 Å². The first-order chi connectivity index (χ1) is 15.1. The Hall–Kier alpha value is -1.80. The lowest BCUT2D eigenvalue weighted by atomic mass is 10.0. The van der Waals surface area contributed by atoms with Gasteiger partial charge in [-0.2, -0.15) is 0 Å². The number of rotatable bonds is 8. The summed E-state index contributed by atoms with van der Waals surface area (Å²) >= 11 is 0. The molecule has 4 atom stereocenters. The van der Waals surface area contributed by atoms with Gasteiger partial charge in [-0.15, -0.1) is 6.58 Å². The van der Waals surface area contributed by atoms with Gasteiger partial charge in [-0.05, 0) is 29.3 Å². The first-order valence-electron chi connectivity index (χ1n) is 11.1. The SMILES string of the molecule is C=C[C@H]1OC(C)(C)O[C@H]1[C@H](O[Si](c1ccccc1)(c1ccccc1)C(C)(C)C)[C@H](O)CO. The van der Waals surface area contributed by atoms with Gasteiger partial charge in [0.2, 0.25) is 0 Å². The third-order valence-corrected chi connectivity index (χ3v) is 11.0. The third-order valence-electron chi connectivity index (χ3n) is 6.02. The van der Waals surface area contributed by atoms with Crippen molar-refractivity contribution in [2.45, 2.75) is 69.9 Å². The monoisotopic (exact) mass is 456 g/mol. The van der Waals surface area contributed by atoms with Crippen LogP contribution < -0.4 is 10.4 Å². The highest BCUT2D eigenvalue weighted by molar-refractivity contribution is 6.99. The normalized spacial score (nSPS) is 23.0. The summed E-state index contributed by atoms with van der Waals surface area (Å²) in [4.78, 5) is 0. The third kappa shape index (κ3) is 4.76. The van der Waals surface area contributed by atoms with Crippen LogP contribution in [-0.2, 0) is 13.9 Å². The molecular formula is C26H36O5Si. The molecule has 174 valence electrons. The maximum atomic E-state index is 11.0. The lowest BCUT2D eigenvalue weighted by Crippen LogP contribution is -2.70. The molecule has 2 aromatic rings. The maximum Gasteiger partial charge on any atom is 0.261 e. The van der Waals surface area contributed by atoms with Gasteiger partial charge in [0.1, 0.15) is 24.4 Å². The molecule has 0 amide bonds. The van der Waals surface area contributed by atoms with Crippen molar-refractivity contribution < 1.29 is 24.1 Å². The number of ether oxygens (including phenoxy) is 2. The van der Waals surface area contributed by atoms with Crippen molar-refractivity contribution in [3.63, 3.8) is 0 Å². The van der Waals surface area contributed by atoms with Gasteiger partial charge < -0.3 is 24.1 Å². The highest BCUT2D eigenvalue weighted by atomic mass is 28.4. The van der Waals surface area contributed by atoms with E-state index >= 15 is 0 Å². The Labute approximate surface area is 192 Å². The molecule has 0 aliphatic carbocycles. The zero-order chi connectivity index (χ0) is 23.6. The fraction of sp³-hybridized carbons (Fsp3) is 0.462. The van der Waals surface area contributed by atoms with Crippen LogP contribution in [-0.4, -0.2) is 55.3 Å². The predicted molar refractivity (Wildman–Crippen MR) is 130 cm³/mol. The summed E-state index contributed by atoms with van der Waals surface area (Å²) in [6.07, 6.45) is -1.40. The molecule has 6 heteroatoms. The first-order valence-corrected chi connectivity index (χ1v) is 13.0. The Bertz CT molecular complexity index is 839. The summed E-state index contributed by atoms with van der Waals surface area (Å²) in [5.41, 5.74) is 0. The second kappa shape index (κ2) is 9.59. The Morgan fingerprint density at radius 1 is 1.03 bits per heavy atom. The molecule has 0 bridgehead atoms. The van der Waals surface area contributed by atoms with Crippen LogP contribution in [0.5, 0.6) is 0 Å². The molecule has 2 N–H and O–H groups in total. The molecule has 32 heavy (non-hydrogen) atoms. The maximum absolute atomic E-state index is 11.0. The quantitative estimate of drug-likeness (QED) is 0.472. The number of hydrogen-bond acceptors (Lipinski definition) is 5. The van der Waals surface area contributed by atoms with Crippen LogP contribution >= 0.6 is 0 Å². The molecule has 3 rings (SSSR count). The summed E-state index contributed by atoms with van der Waals surface area (Å²) in [5.74, 6) is -0.855. The number of aliphatic hydroxyl groups excluding tert-OH is 2. The Kier molecular flexibility index (Phi) is 7.44. The van der Waals surface area contributed by atoms with Crippen molar-refractivity contribution in [1.29, 1.82) is 0 Å². The molecule has 0 spiro atoms. The number of benzene rings is 2. The molecule has 0 unspecified atom stereocenters. The second-order valence-electron chi connectivity index (χ2n) is 9.80. The molecule has 1 aliphatic heterocycles. The van der Waals surface area contributed by atoms with Crippen molar-refractivity contribution in [3.05, 3.63) is 73.3 Å². The van der Waals surface area contributed by atoms with Crippen molar-refractivity contribution >= 4 is 18.7 Å². The fourth-order valence-corrected chi connectivity index (χ4v) is 9.33. The minimum Gasteiger partial charge on any atom is -0.399 e. The van der Waals surface area contributed by atoms with Gasteiger partial charge in [0.15, 0.2) is 5.79 Å². The average Bonchev–Trinajstić information content (AvgIpc) is 3.08. The summed E-state index contributed by atoms with van der Waals surface area (Å²) < 4.78 is 19.3. The molecule has 0 saturated carbocycles. The zero-order valence-electron chi connectivity index (χ0n) is 19.7. The molecule has 1 heterocycles. The standard InChI is InChI=1S/C26H36O5Si/c1-7-22-24(30-26(5,6)29-22)23(21(28)18-27)31-32(25(2,3)4,19-14-10-8-11-15-19)20-16-12-9-13-17-20/h7-17,21-24,27-28H,1,18H2,2-6H3/t21-,22-,23-,24-/m1/s1. The lowest BCUT2D eigenvalue weighted by Gasteiger charge is -2.47. The van der Waals surface area contributed by atoms with E-state index in [2.05, 4.69) is 51.6 Å². The van der Waals surface area contributed by atoms with Crippen molar-refractivity contribution in [2.24, 2.45) is 0 Å². The highest BCUT2D eigenvalue weighted by Gasteiger charge is 2.55.